The van der Waals surface area contributed by atoms with E-state index in [0.717, 1.165) is 11.3 Å². The van der Waals surface area contributed by atoms with Gasteiger partial charge in [0.25, 0.3) is 5.69 Å². The summed E-state index contributed by atoms with van der Waals surface area (Å²) in [6, 6.07) is 4.67. The first-order chi connectivity index (χ1) is 9.12. The van der Waals surface area contributed by atoms with Crippen LogP contribution in [0.25, 0.3) is 0 Å². The minimum absolute atomic E-state index is 0.00788. The van der Waals surface area contributed by atoms with Crippen LogP contribution in [0.5, 0.6) is 5.75 Å². The van der Waals surface area contributed by atoms with Gasteiger partial charge in [-0.25, -0.2) is 4.98 Å². The van der Waals surface area contributed by atoms with E-state index in [4.69, 9.17) is 10.5 Å². The first-order valence-electron chi connectivity index (χ1n) is 5.65. The molecule has 7 nitrogen and oxygen atoms in total. The second-order valence-electron chi connectivity index (χ2n) is 4.04. The SMILES string of the molecule is COc1cc(Cn2cnc(CN)c2)cc([N+](=O)[O-])c1. The normalized spacial score (nSPS) is 10.4. The van der Waals surface area contributed by atoms with E-state index in [0.29, 0.717) is 18.8 Å². The molecule has 0 aliphatic rings. The number of methoxy groups -OCH3 is 1. The van der Waals surface area contributed by atoms with Gasteiger partial charge in [-0.15, -0.1) is 0 Å². The van der Waals surface area contributed by atoms with Crippen molar-refractivity contribution >= 4 is 5.69 Å². The summed E-state index contributed by atoms with van der Waals surface area (Å²) in [4.78, 5) is 14.5. The Morgan fingerprint density at radius 3 is 2.84 bits per heavy atom. The lowest BCUT2D eigenvalue weighted by atomic mass is 10.2. The van der Waals surface area contributed by atoms with Gasteiger partial charge in [-0.1, -0.05) is 0 Å². The van der Waals surface area contributed by atoms with Crippen LogP contribution in [-0.2, 0) is 13.1 Å². The molecular formula is C12H14N4O3. The first kappa shape index (κ1) is 13.0. The van der Waals surface area contributed by atoms with Gasteiger partial charge in [0.05, 0.1) is 30.1 Å². The molecule has 7 heteroatoms. The summed E-state index contributed by atoms with van der Waals surface area (Å²) in [5, 5.41) is 10.8. The van der Waals surface area contributed by atoms with Crippen LogP contribution in [0, 0.1) is 10.1 Å². The highest BCUT2D eigenvalue weighted by molar-refractivity contribution is 5.42. The summed E-state index contributed by atoms with van der Waals surface area (Å²) in [6.07, 6.45) is 3.46. The molecule has 2 aromatic rings. The lowest BCUT2D eigenvalue weighted by Crippen LogP contribution is -2.00. The topological polar surface area (TPSA) is 96.2 Å². The summed E-state index contributed by atoms with van der Waals surface area (Å²) in [5.41, 5.74) is 7.03. The van der Waals surface area contributed by atoms with Crippen molar-refractivity contribution in [3.8, 4) is 5.75 Å². The molecule has 0 radical (unpaired) electrons. The molecule has 1 aromatic heterocycles. The van der Waals surface area contributed by atoms with Crippen molar-refractivity contribution in [2.45, 2.75) is 13.1 Å². The zero-order chi connectivity index (χ0) is 13.8. The Balaban J connectivity index is 2.28. The number of nitrogens with zero attached hydrogens (tertiary/aromatic N) is 3. The molecule has 0 aliphatic heterocycles. The van der Waals surface area contributed by atoms with Crippen LogP contribution in [0.1, 0.15) is 11.3 Å². The summed E-state index contributed by atoms with van der Waals surface area (Å²) in [6.45, 7) is 0.844. The highest BCUT2D eigenvalue weighted by Crippen LogP contribution is 2.23. The Morgan fingerprint density at radius 2 is 2.26 bits per heavy atom. The maximum Gasteiger partial charge on any atom is 0.273 e. The van der Waals surface area contributed by atoms with Crippen molar-refractivity contribution in [3.63, 3.8) is 0 Å². The van der Waals surface area contributed by atoms with Crippen molar-refractivity contribution in [3.05, 3.63) is 52.1 Å². The summed E-state index contributed by atoms with van der Waals surface area (Å²) in [7, 11) is 1.48. The van der Waals surface area contributed by atoms with Gasteiger partial charge in [0.2, 0.25) is 0 Å². The van der Waals surface area contributed by atoms with Crippen molar-refractivity contribution in [2.75, 3.05) is 7.11 Å². The maximum absolute atomic E-state index is 10.8. The minimum atomic E-state index is -0.439. The van der Waals surface area contributed by atoms with E-state index in [1.165, 1.54) is 19.2 Å². The highest BCUT2D eigenvalue weighted by atomic mass is 16.6. The van der Waals surface area contributed by atoms with E-state index in [2.05, 4.69) is 4.98 Å². The monoisotopic (exact) mass is 262 g/mol. The highest BCUT2D eigenvalue weighted by Gasteiger charge is 2.10. The van der Waals surface area contributed by atoms with Crippen LogP contribution >= 0.6 is 0 Å². The van der Waals surface area contributed by atoms with E-state index in [1.54, 1.807) is 12.4 Å². The molecule has 1 aromatic carbocycles. The third kappa shape index (κ3) is 3.08. The summed E-state index contributed by atoms with van der Waals surface area (Å²) >= 11 is 0. The smallest absolute Gasteiger partial charge is 0.273 e. The van der Waals surface area contributed by atoms with Crippen LogP contribution in [0.4, 0.5) is 5.69 Å². The predicted octanol–water partition coefficient (Wildman–Crippen LogP) is 1.31. The van der Waals surface area contributed by atoms with Gasteiger partial charge in [0.1, 0.15) is 5.75 Å². The lowest BCUT2D eigenvalue weighted by molar-refractivity contribution is -0.385. The number of rotatable bonds is 5. The van der Waals surface area contributed by atoms with E-state index in [-0.39, 0.29) is 5.69 Å². The number of hydrogen-bond acceptors (Lipinski definition) is 5. The van der Waals surface area contributed by atoms with E-state index in [9.17, 15) is 10.1 Å². The molecule has 0 amide bonds. The Labute approximate surface area is 109 Å². The molecule has 2 N–H and O–H groups in total. The predicted molar refractivity (Wildman–Crippen MR) is 68.9 cm³/mol. The largest absolute Gasteiger partial charge is 0.496 e. The molecule has 1 heterocycles. The van der Waals surface area contributed by atoms with Gasteiger partial charge < -0.3 is 15.0 Å². The standard InChI is InChI=1S/C12H14N4O3/c1-19-12-3-9(2-11(4-12)16(17)18)6-15-7-10(5-13)14-8-15/h2-4,7-8H,5-6,13H2,1H3. The quantitative estimate of drug-likeness (QED) is 0.647. The number of ether oxygens (including phenoxy) is 1. The fourth-order valence-corrected chi connectivity index (χ4v) is 1.77. The molecule has 0 spiro atoms. The number of aromatic nitrogens is 2. The van der Waals surface area contributed by atoms with Gasteiger partial charge in [-0.2, -0.15) is 0 Å². The molecule has 0 aliphatic carbocycles. The molecule has 2 rings (SSSR count). The van der Waals surface area contributed by atoms with E-state index in [1.807, 2.05) is 10.8 Å². The number of hydrogen-bond donors (Lipinski definition) is 1. The fourth-order valence-electron chi connectivity index (χ4n) is 1.77. The van der Waals surface area contributed by atoms with Crippen molar-refractivity contribution in [1.29, 1.82) is 0 Å². The molecular weight excluding hydrogens is 248 g/mol. The number of imidazole rings is 1. The summed E-state index contributed by atoms with van der Waals surface area (Å²) in [5.74, 6) is 0.461. The Kier molecular flexibility index (Phi) is 3.76. The molecule has 100 valence electrons. The number of nitro benzene ring substituents is 1. The molecule has 0 saturated carbocycles. The number of nitro groups is 1. The van der Waals surface area contributed by atoms with Crippen molar-refractivity contribution in [2.24, 2.45) is 5.73 Å². The maximum atomic E-state index is 10.8. The number of non-ortho nitro benzene ring substituents is 1. The van der Waals surface area contributed by atoms with Gasteiger partial charge in [-0.3, -0.25) is 10.1 Å². The van der Waals surface area contributed by atoms with Crippen LogP contribution in [0.2, 0.25) is 0 Å². The van der Waals surface area contributed by atoms with Crippen LogP contribution < -0.4 is 10.5 Å². The molecule has 0 atom stereocenters. The van der Waals surface area contributed by atoms with Crippen LogP contribution in [0.3, 0.4) is 0 Å². The fraction of sp³-hybridized carbons (Fsp3) is 0.250. The molecule has 0 saturated heterocycles. The Bertz CT molecular complexity index is 594. The summed E-state index contributed by atoms with van der Waals surface area (Å²) < 4.78 is 6.88. The lowest BCUT2D eigenvalue weighted by Gasteiger charge is -2.05. The number of benzene rings is 1. The molecule has 0 fully saturated rings. The van der Waals surface area contributed by atoms with Crippen molar-refractivity contribution in [1.82, 2.24) is 9.55 Å². The number of nitrogens with two attached hydrogens (primary N) is 1. The van der Waals surface area contributed by atoms with Crippen LogP contribution in [0.15, 0.2) is 30.7 Å². The third-order valence-corrected chi connectivity index (χ3v) is 2.66. The Morgan fingerprint density at radius 1 is 1.47 bits per heavy atom. The second-order valence-corrected chi connectivity index (χ2v) is 4.04. The second kappa shape index (κ2) is 5.49. The molecule has 0 unspecified atom stereocenters. The minimum Gasteiger partial charge on any atom is -0.496 e. The Hall–Kier alpha value is -2.41. The van der Waals surface area contributed by atoms with Gasteiger partial charge in [0, 0.05) is 25.4 Å². The van der Waals surface area contributed by atoms with Gasteiger partial charge >= 0.3 is 0 Å². The van der Waals surface area contributed by atoms with Gasteiger partial charge in [-0.05, 0) is 11.6 Å². The average Bonchev–Trinajstić information content (AvgIpc) is 2.85. The van der Waals surface area contributed by atoms with E-state index >= 15 is 0 Å². The van der Waals surface area contributed by atoms with Crippen LogP contribution in [-0.4, -0.2) is 21.6 Å². The van der Waals surface area contributed by atoms with Gasteiger partial charge in [0.15, 0.2) is 0 Å². The van der Waals surface area contributed by atoms with Crippen molar-refractivity contribution < 1.29 is 9.66 Å². The third-order valence-electron chi connectivity index (χ3n) is 2.66. The zero-order valence-corrected chi connectivity index (χ0v) is 10.4. The zero-order valence-electron chi connectivity index (χ0n) is 10.4. The molecule has 0 bridgehead atoms. The van der Waals surface area contributed by atoms with E-state index < -0.39 is 4.92 Å². The first-order valence-corrected chi connectivity index (χ1v) is 5.65. The molecule has 19 heavy (non-hydrogen) atoms. The average molecular weight is 262 g/mol.